The van der Waals surface area contributed by atoms with E-state index in [-0.39, 0.29) is 0 Å². The molecule has 0 saturated carbocycles. The van der Waals surface area contributed by atoms with Crippen LogP contribution >= 0.6 is 54.9 Å². The molecule has 1 aromatic carbocycles. The van der Waals surface area contributed by atoms with Crippen LogP contribution in [0, 0.1) is 0 Å². The van der Waals surface area contributed by atoms with E-state index in [1.54, 1.807) is 22.6 Å². The maximum absolute atomic E-state index is 6.06. The highest BCUT2D eigenvalue weighted by atomic mass is 33.1. The Hall–Kier alpha value is -0.730. The third-order valence-corrected chi connectivity index (χ3v) is 8.91. The first-order valence-electron chi connectivity index (χ1n) is 10.1. The van der Waals surface area contributed by atoms with Crippen LogP contribution in [0.4, 0.5) is 0 Å². The normalized spacial score (nSPS) is 13.9. The molecule has 1 heterocycles. The largest absolute Gasteiger partial charge is 0.493 e. The lowest BCUT2D eigenvalue weighted by atomic mass is 10.1. The summed E-state index contributed by atoms with van der Waals surface area (Å²) in [6.07, 6.45) is 14.5. The molecule has 0 fully saturated rings. The van der Waals surface area contributed by atoms with Crippen LogP contribution < -0.4 is 0 Å². The molecule has 0 saturated heterocycles. The van der Waals surface area contributed by atoms with Gasteiger partial charge < -0.3 is 9.47 Å². The highest BCUT2D eigenvalue weighted by Gasteiger charge is 2.08. The second-order valence-corrected chi connectivity index (χ2v) is 12.5. The summed E-state index contributed by atoms with van der Waals surface area (Å²) in [5.41, 5.74) is 2.25. The average molecular weight is 511 g/mol. The van der Waals surface area contributed by atoms with Crippen LogP contribution in [-0.2, 0) is 9.47 Å². The highest BCUT2D eigenvalue weighted by molar-refractivity contribution is 8.76. The van der Waals surface area contributed by atoms with Gasteiger partial charge in [-0.1, -0.05) is 103 Å². The van der Waals surface area contributed by atoms with Crippen LogP contribution in [0.1, 0.15) is 18.4 Å². The van der Waals surface area contributed by atoms with Gasteiger partial charge in [-0.25, -0.2) is 0 Å². The summed E-state index contributed by atoms with van der Waals surface area (Å²) in [5, 5.41) is 2.95. The minimum Gasteiger partial charge on any atom is -0.493 e. The van der Waals surface area contributed by atoms with E-state index in [0.717, 1.165) is 53.1 Å². The lowest BCUT2D eigenvalue weighted by Crippen LogP contribution is -1.94. The van der Waals surface area contributed by atoms with E-state index in [9.17, 15) is 0 Å². The lowest BCUT2D eigenvalue weighted by molar-refractivity contribution is 0.226. The van der Waals surface area contributed by atoms with E-state index in [0.29, 0.717) is 6.61 Å². The summed E-state index contributed by atoms with van der Waals surface area (Å²) >= 11 is 1.59. The molecular weight excluding hydrogens is 481 g/mol. The Morgan fingerprint density at radius 2 is 1.71 bits per heavy atom. The highest BCUT2D eigenvalue weighted by Crippen LogP contribution is 2.29. The van der Waals surface area contributed by atoms with Crippen LogP contribution in [0.15, 0.2) is 83.0 Å². The first kappa shape index (κ1) is 26.5. The van der Waals surface area contributed by atoms with Crippen LogP contribution in [-0.4, -0.2) is 36.7 Å². The third kappa shape index (κ3) is 12.8. The minimum absolute atomic E-state index is 0.714. The van der Waals surface area contributed by atoms with Gasteiger partial charge in [-0.2, -0.15) is 0 Å². The van der Waals surface area contributed by atoms with Crippen LogP contribution in [0.2, 0.25) is 0 Å². The quantitative estimate of drug-likeness (QED) is 0.124. The fourth-order valence-corrected chi connectivity index (χ4v) is 6.18. The Bertz CT molecular complexity index is 756. The van der Waals surface area contributed by atoms with Gasteiger partial charge in [-0.3, -0.25) is 0 Å². The molecule has 31 heavy (non-hydrogen) atoms. The maximum Gasteiger partial charge on any atom is 0.158 e. The van der Waals surface area contributed by atoms with Gasteiger partial charge in [0.25, 0.3) is 0 Å². The molecule has 1 aromatic rings. The van der Waals surface area contributed by atoms with Crippen molar-refractivity contribution < 1.29 is 9.47 Å². The van der Waals surface area contributed by atoms with Gasteiger partial charge >= 0.3 is 0 Å². The molecule has 0 radical (unpaired) electrons. The van der Waals surface area contributed by atoms with E-state index < -0.39 is 0 Å². The van der Waals surface area contributed by atoms with Gasteiger partial charge in [0.1, 0.15) is 5.76 Å². The van der Waals surface area contributed by atoms with Crippen molar-refractivity contribution in [2.45, 2.75) is 12.8 Å². The fraction of sp³-hybridized carbons (Fsp3) is 0.333. The molecular formula is C24H30O2S5. The number of rotatable bonds is 16. The second kappa shape index (κ2) is 17.8. The minimum atomic E-state index is 0.714. The van der Waals surface area contributed by atoms with E-state index in [2.05, 4.69) is 49.3 Å². The Morgan fingerprint density at radius 1 is 0.935 bits per heavy atom. The number of thioether (sulfide) groups is 1. The Labute approximate surface area is 207 Å². The topological polar surface area (TPSA) is 18.5 Å². The van der Waals surface area contributed by atoms with E-state index in [1.807, 2.05) is 62.1 Å². The van der Waals surface area contributed by atoms with Gasteiger partial charge in [0.15, 0.2) is 5.09 Å². The Morgan fingerprint density at radius 3 is 2.48 bits per heavy atom. The van der Waals surface area contributed by atoms with Crippen LogP contribution in [0.25, 0.3) is 6.08 Å². The third-order valence-electron chi connectivity index (χ3n) is 3.80. The molecule has 1 aliphatic rings. The van der Waals surface area contributed by atoms with Crippen molar-refractivity contribution in [1.82, 2.24) is 0 Å². The molecule has 0 amide bonds. The van der Waals surface area contributed by atoms with Gasteiger partial charge in [0.2, 0.25) is 0 Å². The van der Waals surface area contributed by atoms with E-state index in [4.69, 9.17) is 9.47 Å². The van der Waals surface area contributed by atoms with Crippen molar-refractivity contribution in [3.8, 4) is 0 Å². The monoisotopic (exact) mass is 510 g/mol. The van der Waals surface area contributed by atoms with Crippen molar-refractivity contribution >= 4 is 61.0 Å². The molecule has 0 unspecified atom stereocenters. The first-order chi connectivity index (χ1) is 15.3. The summed E-state index contributed by atoms with van der Waals surface area (Å²) in [7, 11) is 7.38. The number of ether oxygens (including phenoxy) is 2. The predicted octanol–water partition coefficient (Wildman–Crippen LogP) is 8.45. The number of benzene rings is 1. The van der Waals surface area contributed by atoms with Crippen molar-refractivity contribution in [3.63, 3.8) is 0 Å². The van der Waals surface area contributed by atoms with Crippen molar-refractivity contribution in [3.05, 3.63) is 88.6 Å². The molecule has 0 atom stereocenters. The molecule has 0 spiro atoms. The lowest BCUT2D eigenvalue weighted by Gasteiger charge is -2.08. The number of hydrogen-bond acceptors (Lipinski definition) is 7. The zero-order chi connectivity index (χ0) is 22.0. The SMILES string of the molecule is C=CCSSCCCOC1=CC(/C=C/c2ccccc2)=CC(OCCCSSC)=CS1. The summed E-state index contributed by atoms with van der Waals surface area (Å²) < 4.78 is 12.1. The predicted molar refractivity (Wildman–Crippen MR) is 150 cm³/mol. The van der Waals surface area contributed by atoms with E-state index in [1.165, 1.54) is 5.56 Å². The summed E-state index contributed by atoms with van der Waals surface area (Å²) in [4.78, 5) is 0. The first-order valence-corrected chi connectivity index (χ1v) is 16.2. The average Bonchev–Trinajstić information content (AvgIpc) is 2.99. The second-order valence-electron chi connectivity index (χ2n) is 6.28. The zero-order valence-electron chi connectivity index (χ0n) is 17.9. The van der Waals surface area contributed by atoms with E-state index >= 15 is 0 Å². The van der Waals surface area contributed by atoms with Crippen LogP contribution in [0.3, 0.4) is 0 Å². The van der Waals surface area contributed by atoms with Gasteiger partial charge in [0.05, 0.1) is 13.2 Å². The maximum atomic E-state index is 6.06. The summed E-state index contributed by atoms with van der Waals surface area (Å²) in [6.45, 7) is 5.18. The van der Waals surface area contributed by atoms with Gasteiger partial charge in [-0.05, 0) is 42.4 Å². The van der Waals surface area contributed by atoms with Crippen LogP contribution in [0.5, 0.6) is 0 Å². The molecule has 7 heteroatoms. The van der Waals surface area contributed by atoms with Crippen molar-refractivity contribution in [1.29, 1.82) is 0 Å². The molecule has 0 N–H and O–H groups in total. The smallest absolute Gasteiger partial charge is 0.158 e. The molecule has 0 bridgehead atoms. The fourth-order valence-electron chi connectivity index (χ4n) is 2.37. The Balaban J connectivity index is 1.93. The van der Waals surface area contributed by atoms with Gasteiger partial charge in [0, 0.05) is 22.7 Å². The summed E-state index contributed by atoms with van der Waals surface area (Å²) in [6, 6.07) is 10.3. The van der Waals surface area contributed by atoms with Crippen molar-refractivity contribution in [2.24, 2.45) is 0 Å². The number of hydrogen-bond donors (Lipinski definition) is 0. The molecule has 1 aliphatic heterocycles. The molecule has 0 aliphatic carbocycles. The standard InChI is InChI=1S/C24H30O2S5/c1-3-15-30-31-17-8-14-26-24-19-22(12-11-21-9-5-4-6-10-21)18-23(20-28-24)25-13-7-16-29-27-2/h3-6,9-12,18-20H,1,7-8,13-17H2,2H3/b12-11+. The summed E-state index contributed by atoms with van der Waals surface area (Å²) in [5.74, 6) is 4.04. The van der Waals surface area contributed by atoms with Crippen molar-refractivity contribution in [2.75, 3.05) is 36.7 Å². The molecule has 0 aromatic heterocycles. The molecule has 2 nitrogen and oxygen atoms in total. The molecule has 168 valence electrons. The number of allylic oxidation sites excluding steroid dienone is 4. The Kier molecular flexibility index (Phi) is 15.2. The molecule has 2 rings (SSSR count). The van der Waals surface area contributed by atoms with Gasteiger partial charge in [-0.15, -0.1) is 6.58 Å². The zero-order valence-corrected chi connectivity index (χ0v) is 21.9.